The van der Waals surface area contributed by atoms with E-state index in [-0.39, 0.29) is 22.8 Å². The van der Waals surface area contributed by atoms with Gasteiger partial charge in [0.15, 0.2) is 0 Å². The highest BCUT2D eigenvalue weighted by atomic mass is 32.2. The Hall–Kier alpha value is -2.23. The Morgan fingerprint density at radius 2 is 2.03 bits per heavy atom. The van der Waals surface area contributed by atoms with Gasteiger partial charge in [0.2, 0.25) is 10.0 Å². The lowest BCUT2D eigenvalue weighted by Gasteiger charge is -2.17. The lowest BCUT2D eigenvalue weighted by molar-refractivity contribution is 0.0966. The first-order valence-electron chi connectivity index (χ1n) is 10.0. The van der Waals surface area contributed by atoms with Gasteiger partial charge in [-0.25, -0.2) is 8.42 Å². The molecule has 1 N–H and O–H groups in total. The Kier molecular flexibility index (Phi) is 5.46. The van der Waals surface area contributed by atoms with Crippen molar-refractivity contribution >= 4 is 37.4 Å². The number of nitrogens with one attached hydrogen (secondary N) is 1. The summed E-state index contributed by atoms with van der Waals surface area (Å²) in [6.45, 7) is 6.46. The number of carbonyl (C=O) groups is 1. The summed E-state index contributed by atoms with van der Waals surface area (Å²) >= 11 is 1.46. The number of nitrogens with zero attached hydrogens (tertiary/aromatic N) is 3. The Bertz CT molecular complexity index is 1210. The molecule has 4 rings (SSSR count). The monoisotopic (exact) mass is 446 g/mol. The molecule has 160 valence electrons. The molecule has 0 saturated carbocycles. The normalized spacial score (nSPS) is 17.8. The lowest BCUT2D eigenvalue weighted by atomic mass is 9.95. The molecular formula is C21H26N4O3S2. The van der Waals surface area contributed by atoms with E-state index in [0.717, 1.165) is 15.6 Å². The van der Waals surface area contributed by atoms with Gasteiger partial charge in [0.05, 0.1) is 10.6 Å². The number of aromatic nitrogens is 2. The van der Waals surface area contributed by atoms with Crippen LogP contribution < -0.4 is 5.32 Å². The number of benzene rings is 1. The minimum atomic E-state index is -3.65. The van der Waals surface area contributed by atoms with Crippen molar-refractivity contribution in [1.29, 1.82) is 0 Å². The van der Waals surface area contributed by atoms with Gasteiger partial charge in [0.1, 0.15) is 4.90 Å². The van der Waals surface area contributed by atoms with Crippen molar-refractivity contribution in [3.8, 4) is 0 Å². The molecule has 0 spiro atoms. The van der Waals surface area contributed by atoms with E-state index < -0.39 is 10.0 Å². The van der Waals surface area contributed by atoms with Crippen molar-refractivity contribution in [1.82, 2.24) is 19.4 Å². The van der Waals surface area contributed by atoms with Crippen LogP contribution in [0.3, 0.4) is 0 Å². The Balaban J connectivity index is 1.69. The molecule has 7 nitrogen and oxygen atoms in total. The average molecular weight is 447 g/mol. The minimum Gasteiger partial charge on any atom is -0.354 e. The van der Waals surface area contributed by atoms with E-state index in [0.29, 0.717) is 30.1 Å². The van der Waals surface area contributed by atoms with Crippen molar-refractivity contribution in [2.75, 3.05) is 20.1 Å². The molecule has 2 aromatic heterocycles. The molecule has 0 unspecified atom stereocenters. The topological polar surface area (TPSA) is 84.3 Å². The van der Waals surface area contributed by atoms with E-state index >= 15 is 0 Å². The third kappa shape index (κ3) is 3.44. The van der Waals surface area contributed by atoms with Gasteiger partial charge in [-0.2, -0.15) is 9.40 Å². The van der Waals surface area contributed by atoms with Crippen molar-refractivity contribution in [3.05, 3.63) is 46.6 Å². The third-order valence-corrected chi connectivity index (χ3v) is 8.80. The highest BCUT2D eigenvalue weighted by Crippen LogP contribution is 2.41. The maximum Gasteiger partial charge on any atom is 0.261 e. The second kappa shape index (κ2) is 7.79. The van der Waals surface area contributed by atoms with Crippen LogP contribution in [0.2, 0.25) is 0 Å². The van der Waals surface area contributed by atoms with Gasteiger partial charge >= 0.3 is 0 Å². The molecule has 30 heavy (non-hydrogen) atoms. The highest BCUT2D eigenvalue weighted by Gasteiger charge is 2.37. The van der Waals surface area contributed by atoms with Crippen molar-refractivity contribution in [3.63, 3.8) is 0 Å². The number of hydrogen-bond donors (Lipinski definition) is 1. The van der Waals surface area contributed by atoms with Crippen LogP contribution in [-0.4, -0.2) is 48.5 Å². The van der Waals surface area contributed by atoms with Crippen LogP contribution in [0, 0.1) is 6.92 Å². The first-order valence-corrected chi connectivity index (χ1v) is 12.3. The van der Waals surface area contributed by atoms with Crippen LogP contribution in [0.1, 0.15) is 53.2 Å². The summed E-state index contributed by atoms with van der Waals surface area (Å²) < 4.78 is 30.9. The third-order valence-electron chi connectivity index (χ3n) is 5.64. The molecule has 0 aliphatic carbocycles. The van der Waals surface area contributed by atoms with Gasteiger partial charge in [-0.3, -0.25) is 9.48 Å². The molecule has 9 heteroatoms. The molecule has 0 radical (unpaired) electrons. The van der Waals surface area contributed by atoms with Gasteiger partial charge in [0, 0.05) is 43.0 Å². The number of rotatable bonds is 5. The standard InChI is InChI=1S/C21H26N4O3S2/c1-13(2)25-12-18(14(3)23-25)30(27,28)24-10-9-15(11-24)19-16-7-5-6-8-17(16)29-20(19)21(26)22-4/h5-8,12-13,15H,9-11H2,1-4H3,(H,22,26)/t15-/m1/s1. The molecule has 1 aliphatic rings. The van der Waals surface area contributed by atoms with E-state index in [1.54, 1.807) is 24.9 Å². The number of sulfonamides is 1. The fourth-order valence-electron chi connectivity index (χ4n) is 4.06. The molecule has 1 aromatic carbocycles. The number of fused-ring (bicyclic) bond motifs is 1. The Morgan fingerprint density at radius 1 is 1.30 bits per heavy atom. The van der Waals surface area contributed by atoms with Crippen LogP contribution in [0.4, 0.5) is 0 Å². The predicted molar refractivity (Wildman–Crippen MR) is 119 cm³/mol. The predicted octanol–water partition coefficient (Wildman–Crippen LogP) is 3.52. The number of aryl methyl sites for hydroxylation is 1. The fourth-order valence-corrected chi connectivity index (χ4v) is 6.95. The molecule has 1 aliphatic heterocycles. The first kappa shape index (κ1) is 21.0. The summed E-state index contributed by atoms with van der Waals surface area (Å²) in [5.41, 5.74) is 1.47. The van der Waals surface area contributed by atoms with Crippen LogP contribution in [0.25, 0.3) is 10.1 Å². The molecule has 1 fully saturated rings. The maximum atomic E-state index is 13.3. The zero-order valence-electron chi connectivity index (χ0n) is 17.5. The summed E-state index contributed by atoms with van der Waals surface area (Å²) in [6, 6.07) is 8.02. The molecule has 3 aromatic rings. The second-order valence-corrected chi connectivity index (χ2v) is 10.9. The Labute approximate surface area is 180 Å². The van der Waals surface area contributed by atoms with Crippen LogP contribution in [0.5, 0.6) is 0 Å². The average Bonchev–Trinajstić information content (AvgIpc) is 3.43. The summed E-state index contributed by atoms with van der Waals surface area (Å²) in [6.07, 6.45) is 2.31. The number of amides is 1. The molecule has 3 heterocycles. The zero-order valence-corrected chi connectivity index (χ0v) is 19.2. The van der Waals surface area contributed by atoms with Crippen LogP contribution in [-0.2, 0) is 10.0 Å². The van der Waals surface area contributed by atoms with E-state index in [2.05, 4.69) is 10.4 Å². The SMILES string of the molecule is CNC(=O)c1sc2ccccc2c1[C@@H]1CCN(S(=O)(=O)c2cn(C(C)C)nc2C)C1. The summed E-state index contributed by atoms with van der Waals surface area (Å²) in [4.78, 5) is 13.5. The molecule has 1 saturated heterocycles. The largest absolute Gasteiger partial charge is 0.354 e. The van der Waals surface area contributed by atoms with Gasteiger partial charge in [0.25, 0.3) is 5.91 Å². The van der Waals surface area contributed by atoms with Gasteiger partial charge in [-0.15, -0.1) is 11.3 Å². The van der Waals surface area contributed by atoms with Gasteiger partial charge < -0.3 is 5.32 Å². The van der Waals surface area contributed by atoms with Gasteiger partial charge in [-0.05, 0) is 44.2 Å². The number of thiophene rings is 1. The Morgan fingerprint density at radius 3 is 2.70 bits per heavy atom. The highest BCUT2D eigenvalue weighted by molar-refractivity contribution is 7.89. The van der Waals surface area contributed by atoms with Crippen molar-refractivity contribution < 1.29 is 13.2 Å². The van der Waals surface area contributed by atoms with E-state index in [1.807, 2.05) is 38.1 Å². The minimum absolute atomic E-state index is 0.0244. The molecule has 1 amide bonds. The second-order valence-electron chi connectivity index (χ2n) is 7.92. The zero-order chi connectivity index (χ0) is 21.6. The van der Waals surface area contributed by atoms with Crippen LogP contribution >= 0.6 is 11.3 Å². The lowest BCUT2D eigenvalue weighted by Crippen LogP contribution is -2.29. The summed E-state index contributed by atoms with van der Waals surface area (Å²) in [5.74, 6) is -0.148. The first-order chi connectivity index (χ1) is 14.2. The smallest absolute Gasteiger partial charge is 0.261 e. The summed E-state index contributed by atoms with van der Waals surface area (Å²) in [7, 11) is -2.02. The summed E-state index contributed by atoms with van der Waals surface area (Å²) in [5, 5.41) is 8.12. The van der Waals surface area contributed by atoms with E-state index in [9.17, 15) is 13.2 Å². The quantitative estimate of drug-likeness (QED) is 0.650. The van der Waals surface area contributed by atoms with Crippen molar-refractivity contribution in [2.24, 2.45) is 0 Å². The molecule has 1 atom stereocenters. The molecular weight excluding hydrogens is 420 g/mol. The van der Waals surface area contributed by atoms with E-state index in [4.69, 9.17) is 0 Å². The number of hydrogen-bond acceptors (Lipinski definition) is 5. The van der Waals surface area contributed by atoms with Crippen LogP contribution in [0.15, 0.2) is 35.4 Å². The van der Waals surface area contributed by atoms with Gasteiger partial charge in [-0.1, -0.05) is 18.2 Å². The van der Waals surface area contributed by atoms with E-state index in [1.165, 1.54) is 15.6 Å². The fraction of sp³-hybridized carbons (Fsp3) is 0.429. The maximum absolute atomic E-state index is 13.3. The van der Waals surface area contributed by atoms with Crippen molar-refractivity contribution in [2.45, 2.75) is 44.0 Å². The molecule has 0 bridgehead atoms. The number of carbonyl (C=O) groups excluding carboxylic acids is 1.